The molecule has 0 radical (unpaired) electrons. The zero-order chi connectivity index (χ0) is 17.8. The van der Waals surface area contributed by atoms with Gasteiger partial charge in [0.2, 0.25) is 0 Å². The first-order chi connectivity index (χ1) is 12.1. The third-order valence-electron chi connectivity index (χ3n) is 4.68. The number of aromatic nitrogens is 2. The lowest BCUT2D eigenvalue weighted by Crippen LogP contribution is -2.48. The highest BCUT2D eigenvalue weighted by atomic mass is 16.5. The second kappa shape index (κ2) is 7.72. The van der Waals surface area contributed by atoms with E-state index in [0.29, 0.717) is 24.4 Å². The number of amides is 1. The molecule has 1 aliphatic rings. The Hall–Kier alpha value is -2.31. The van der Waals surface area contributed by atoms with E-state index in [0.717, 1.165) is 6.54 Å². The van der Waals surface area contributed by atoms with E-state index in [9.17, 15) is 4.79 Å². The first-order valence-corrected chi connectivity index (χ1v) is 8.48. The van der Waals surface area contributed by atoms with Crippen molar-refractivity contribution >= 4 is 5.91 Å². The van der Waals surface area contributed by atoms with Crippen LogP contribution in [0, 0.1) is 6.92 Å². The maximum atomic E-state index is 12.8. The number of ether oxygens (including phenoxy) is 1. The van der Waals surface area contributed by atoms with E-state index in [1.807, 2.05) is 25.2 Å². The van der Waals surface area contributed by atoms with Crippen LogP contribution in [0.25, 0.3) is 0 Å². The van der Waals surface area contributed by atoms with E-state index in [-0.39, 0.29) is 18.1 Å². The minimum absolute atomic E-state index is 0.0592. The minimum atomic E-state index is -0.0785. The zero-order valence-corrected chi connectivity index (χ0v) is 14.9. The Morgan fingerprint density at radius 3 is 2.80 bits per heavy atom. The van der Waals surface area contributed by atoms with E-state index in [1.54, 1.807) is 24.1 Å². The van der Waals surface area contributed by atoms with Crippen LogP contribution in [0.5, 0.6) is 0 Å². The van der Waals surface area contributed by atoms with Gasteiger partial charge < -0.3 is 9.64 Å². The van der Waals surface area contributed by atoms with E-state index < -0.39 is 0 Å². The molecule has 1 fully saturated rings. The molecule has 0 spiro atoms. The average Bonchev–Trinajstić information content (AvgIpc) is 2.62. The number of carbonyl (C=O) groups is 1. The summed E-state index contributed by atoms with van der Waals surface area (Å²) in [5, 5.41) is 7.78. The maximum Gasteiger partial charge on any atom is 0.255 e. The van der Waals surface area contributed by atoms with Crippen LogP contribution in [0.4, 0.5) is 0 Å². The number of likely N-dealkylation sites (N-methyl/N-ethyl adjacent to an activating group) is 2. The molecule has 25 heavy (non-hydrogen) atoms. The lowest BCUT2D eigenvalue weighted by Gasteiger charge is -2.40. The number of carbonyl (C=O) groups excluding carboxylic acids is 1. The molecule has 2 heterocycles. The average molecular weight is 340 g/mol. The highest BCUT2D eigenvalue weighted by Crippen LogP contribution is 2.28. The summed E-state index contributed by atoms with van der Waals surface area (Å²) in [5.41, 5.74) is 2.43. The Morgan fingerprint density at radius 1 is 1.32 bits per heavy atom. The van der Waals surface area contributed by atoms with Crippen molar-refractivity contribution in [3.63, 3.8) is 0 Å². The van der Waals surface area contributed by atoms with Gasteiger partial charge in [0.25, 0.3) is 5.91 Å². The van der Waals surface area contributed by atoms with Crippen LogP contribution >= 0.6 is 0 Å². The molecule has 1 saturated heterocycles. The summed E-state index contributed by atoms with van der Waals surface area (Å²) in [7, 11) is 3.91. The van der Waals surface area contributed by atoms with Gasteiger partial charge in [-0.25, -0.2) is 0 Å². The number of nitrogens with zero attached hydrogens (tertiary/aromatic N) is 4. The monoisotopic (exact) mass is 340 g/mol. The normalized spacial score (nSPS) is 21.1. The van der Waals surface area contributed by atoms with Gasteiger partial charge in [0.15, 0.2) is 0 Å². The summed E-state index contributed by atoms with van der Waals surface area (Å²) >= 11 is 0. The van der Waals surface area contributed by atoms with Gasteiger partial charge in [-0.3, -0.25) is 9.69 Å². The van der Waals surface area contributed by atoms with Crippen molar-refractivity contribution in [2.45, 2.75) is 19.1 Å². The fraction of sp³-hybridized carbons (Fsp3) is 0.421. The van der Waals surface area contributed by atoms with Gasteiger partial charge in [-0.2, -0.15) is 10.2 Å². The van der Waals surface area contributed by atoms with Crippen LogP contribution in [-0.4, -0.2) is 65.8 Å². The molecule has 0 N–H and O–H groups in total. The Labute approximate surface area is 148 Å². The van der Waals surface area contributed by atoms with Gasteiger partial charge in [0, 0.05) is 20.1 Å². The molecule has 0 aliphatic carbocycles. The summed E-state index contributed by atoms with van der Waals surface area (Å²) in [6.45, 7) is 3.86. The third-order valence-corrected chi connectivity index (χ3v) is 4.68. The fourth-order valence-electron chi connectivity index (χ4n) is 3.32. The van der Waals surface area contributed by atoms with Crippen LogP contribution in [0.15, 0.2) is 42.6 Å². The van der Waals surface area contributed by atoms with E-state index in [2.05, 4.69) is 34.3 Å². The van der Waals surface area contributed by atoms with Crippen molar-refractivity contribution in [2.24, 2.45) is 0 Å². The Morgan fingerprint density at radius 2 is 2.08 bits per heavy atom. The maximum absolute atomic E-state index is 12.8. The second-order valence-electron chi connectivity index (χ2n) is 6.46. The Kier molecular flexibility index (Phi) is 5.40. The summed E-state index contributed by atoms with van der Waals surface area (Å²) in [5.74, 6) is -0.0592. The number of hydrogen-bond donors (Lipinski definition) is 0. The van der Waals surface area contributed by atoms with Crippen molar-refractivity contribution in [1.29, 1.82) is 0 Å². The highest BCUT2D eigenvalue weighted by Gasteiger charge is 2.33. The molecule has 6 nitrogen and oxygen atoms in total. The van der Waals surface area contributed by atoms with Gasteiger partial charge in [-0.1, -0.05) is 30.3 Å². The van der Waals surface area contributed by atoms with Gasteiger partial charge in [0.1, 0.15) is 0 Å². The molecule has 1 aliphatic heterocycles. The van der Waals surface area contributed by atoms with Crippen LogP contribution in [0.3, 0.4) is 0 Å². The van der Waals surface area contributed by atoms with Gasteiger partial charge >= 0.3 is 0 Å². The van der Waals surface area contributed by atoms with Gasteiger partial charge in [-0.05, 0) is 25.6 Å². The predicted octanol–water partition coefficient (Wildman–Crippen LogP) is 1.93. The first kappa shape index (κ1) is 17.5. The van der Waals surface area contributed by atoms with E-state index in [4.69, 9.17) is 4.74 Å². The van der Waals surface area contributed by atoms with Crippen molar-refractivity contribution < 1.29 is 9.53 Å². The zero-order valence-electron chi connectivity index (χ0n) is 14.9. The largest absolute Gasteiger partial charge is 0.373 e. The van der Waals surface area contributed by atoms with Crippen molar-refractivity contribution in [1.82, 2.24) is 20.0 Å². The molecular weight excluding hydrogens is 316 g/mol. The predicted molar refractivity (Wildman–Crippen MR) is 95.3 cm³/mol. The first-order valence-electron chi connectivity index (χ1n) is 8.48. The van der Waals surface area contributed by atoms with E-state index >= 15 is 0 Å². The van der Waals surface area contributed by atoms with Crippen LogP contribution < -0.4 is 0 Å². The molecular formula is C19H24N4O2. The summed E-state index contributed by atoms with van der Waals surface area (Å²) in [6.07, 6.45) is 1.47. The molecule has 3 rings (SSSR count). The number of morpholine rings is 1. The number of rotatable bonds is 4. The molecule has 6 heteroatoms. The summed E-state index contributed by atoms with van der Waals surface area (Å²) in [6, 6.07) is 12.1. The van der Waals surface area contributed by atoms with Gasteiger partial charge in [0.05, 0.1) is 36.2 Å². The molecule has 1 aromatic carbocycles. The Bertz CT molecular complexity index is 722. The fourth-order valence-corrected chi connectivity index (χ4v) is 3.32. The summed E-state index contributed by atoms with van der Waals surface area (Å²) in [4.78, 5) is 16.8. The van der Waals surface area contributed by atoms with E-state index in [1.165, 1.54) is 5.56 Å². The SMILES string of the molecule is Cc1nnccc1C(=O)N(C)C[C@@H]1OCCN(C)[C@H]1c1ccccc1. The van der Waals surface area contributed by atoms with Crippen molar-refractivity contribution in [2.75, 3.05) is 33.8 Å². The smallest absolute Gasteiger partial charge is 0.255 e. The molecule has 2 aromatic rings. The van der Waals surface area contributed by atoms with Crippen LogP contribution in [-0.2, 0) is 4.74 Å². The number of benzene rings is 1. The molecule has 132 valence electrons. The molecule has 0 bridgehead atoms. The lowest BCUT2D eigenvalue weighted by molar-refractivity contribution is -0.0708. The van der Waals surface area contributed by atoms with Crippen LogP contribution in [0.2, 0.25) is 0 Å². The summed E-state index contributed by atoms with van der Waals surface area (Å²) < 4.78 is 6.04. The molecule has 0 saturated carbocycles. The molecule has 1 aromatic heterocycles. The highest BCUT2D eigenvalue weighted by molar-refractivity contribution is 5.94. The van der Waals surface area contributed by atoms with Gasteiger partial charge in [-0.15, -0.1) is 0 Å². The number of hydrogen-bond acceptors (Lipinski definition) is 5. The van der Waals surface area contributed by atoms with Crippen molar-refractivity contribution in [3.05, 3.63) is 59.4 Å². The van der Waals surface area contributed by atoms with Crippen molar-refractivity contribution in [3.8, 4) is 0 Å². The standard InChI is InChI=1S/C19H24N4O2/c1-14-16(9-10-20-21-14)19(24)23(3)13-17-18(22(2)11-12-25-17)15-7-5-4-6-8-15/h4-10,17-18H,11-13H2,1-3H3/t17-,18-/m0/s1. The topological polar surface area (TPSA) is 58.6 Å². The molecule has 0 unspecified atom stereocenters. The molecule has 2 atom stereocenters. The van der Waals surface area contributed by atoms with Crippen LogP contribution in [0.1, 0.15) is 27.7 Å². The lowest BCUT2D eigenvalue weighted by atomic mass is 9.98. The Balaban J connectivity index is 1.77. The minimum Gasteiger partial charge on any atom is -0.373 e. The quantitative estimate of drug-likeness (QED) is 0.851. The third kappa shape index (κ3) is 3.86. The second-order valence-corrected chi connectivity index (χ2v) is 6.46. The number of aryl methyl sites for hydroxylation is 1. The molecule has 1 amide bonds.